The molecule has 15 heavy (non-hydrogen) atoms. The van der Waals surface area contributed by atoms with Gasteiger partial charge in [0.15, 0.2) is 0 Å². The van der Waals surface area contributed by atoms with E-state index in [0.29, 0.717) is 5.37 Å². The molecule has 0 bridgehead atoms. The minimum Gasteiger partial charge on any atom is -0.300 e. The molecule has 0 aliphatic carbocycles. The maximum absolute atomic E-state index is 3.54. The fraction of sp³-hybridized carbons (Fsp3) is 0.636. The summed E-state index contributed by atoms with van der Waals surface area (Å²) in [4.78, 5) is 1.53. The first-order chi connectivity index (χ1) is 7.13. The third kappa shape index (κ3) is 2.49. The highest BCUT2D eigenvalue weighted by molar-refractivity contribution is 7.99. The minimum absolute atomic E-state index is 0.574. The van der Waals surface area contributed by atoms with Gasteiger partial charge >= 0.3 is 0 Å². The Morgan fingerprint density at radius 1 is 1.47 bits per heavy atom. The van der Waals surface area contributed by atoms with Gasteiger partial charge in [-0.05, 0) is 10.6 Å². The molecule has 0 amide bonds. The van der Waals surface area contributed by atoms with Crippen molar-refractivity contribution >= 4 is 35.7 Å². The molecule has 2 rings (SSSR count). The highest BCUT2D eigenvalue weighted by atomic mass is 32.2. The molecule has 1 aromatic heterocycles. The molecule has 84 valence electrons. The summed E-state index contributed by atoms with van der Waals surface area (Å²) in [6.07, 6.45) is 0. The Balaban J connectivity index is 2.16. The van der Waals surface area contributed by atoms with E-state index in [2.05, 4.69) is 37.5 Å². The molecule has 1 fully saturated rings. The monoisotopic (exact) mass is 257 g/mol. The van der Waals surface area contributed by atoms with Crippen LogP contribution in [-0.4, -0.2) is 20.4 Å². The van der Waals surface area contributed by atoms with Gasteiger partial charge in [0.2, 0.25) is 0 Å². The van der Waals surface area contributed by atoms with Crippen molar-refractivity contribution in [3.63, 3.8) is 0 Å². The van der Waals surface area contributed by atoms with E-state index >= 15 is 0 Å². The lowest BCUT2D eigenvalue weighted by Gasteiger charge is -2.17. The van der Waals surface area contributed by atoms with Crippen molar-refractivity contribution in [2.75, 3.05) is 12.3 Å². The average Bonchev–Trinajstić information content (AvgIpc) is 2.88. The van der Waals surface area contributed by atoms with Gasteiger partial charge in [0.25, 0.3) is 0 Å². The van der Waals surface area contributed by atoms with E-state index in [0.717, 1.165) is 6.54 Å². The Hall–Kier alpha value is 0.227. The van der Waals surface area contributed by atoms with Crippen LogP contribution in [-0.2, 0) is 0 Å². The maximum atomic E-state index is 3.54. The molecule has 0 radical (unpaired) electrons. The van der Waals surface area contributed by atoms with Gasteiger partial charge in [-0.3, -0.25) is 0 Å². The zero-order chi connectivity index (χ0) is 10.9. The van der Waals surface area contributed by atoms with Crippen LogP contribution in [0.15, 0.2) is 12.1 Å². The zero-order valence-electron chi connectivity index (χ0n) is 9.67. The van der Waals surface area contributed by atoms with Crippen molar-refractivity contribution in [2.24, 2.45) is 0 Å². The number of thiophene rings is 1. The van der Waals surface area contributed by atoms with Crippen molar-refractivity contribution in [1.29, 1.82) is 0 Å². The standard InChI is InChI=1S/C11H19NS2Si/c1-4-15(2,3)10-6-5-9(14-10)11-12-7-8-13-11/h5-6,11-12H,4,7-8H2,1-3H3. The van der Waals surface area contributed by atoms with Crippen molar-refractivity contribution in [3.05, 3.63) is 17.0 Å². The van der Waals surface area contributed by atoms with E-state index < -0.39 is 8.07 Å². The first-order valence-electron chi connectivity index (χ1n) is 5.58. The molecular formula is C11H19NS2Si. The van der Waals surface area contributed by atoms with Gasteiger partial charge in [0.1, 0.15) is 0 Å². The highest BCUT2D eigenvalue weighted by Gasteiger charge is 2.25. The van der Waals surface area contributed by atoms with Gasteiger partial charge in [-0.25, -0.2) is 0 Å². The van der Waals surface area contributed by atoms with Gasteiger partial charge in [-0.2, -0.15) is 0 Å². The summed E-state index contributed by atoms with van der Waals surface area (Å²) < 4.78 is 1.66. The van der Waals surface area contributed by atoms with Crippen LogP contribution in [0.1, 0.15) is 17.2 Å². The van der Waals surface area contributed by atoms with Gasteiger partial charge in [-0.15, -0.1) is 23.1 Å². The average molecular weight is 257 g/mol. The number of thioether (sulfide) groups is 1. The summed E-state index contributed by atoms with van der Waals surface area (Å²) in [5.74, 6) is 1.26. The summed E-state index contributed by atoms with van der Waals surface area (Å²) in [5, 5.41) is 4.12. The molecule has 0 spiro atoms. The molecule has 1 N–H and O–H groups in total. The van der Waals surface area contributed by atoms with Crippen molar-refractivity contribution in [2.45, 2.75) is 31.4 Å². The van der Waals surface area contributed by atoms with Crippen molar-refractivity contribution in [1.82, 2.24) is 5.32 Å². The molecule has 1 nitrogen and oxygen atoms in total. The maximum Gasteiger partial charge on any atom is 0.0931 e. The second-order valence-corrected chi connectivity index (χ2v) is 12.3. The third-order valence-electron chi connectivity index (χ3n) is 3.15. The van der Waals surface area contributed by atoms with Crippen LogP contribution in [0.2, 0.25) is 19.1 Å². The van der Waals surface area contributed by atoms with Crippen LogP contribution < -0.4 is 9.82 Å². The summed E-state index contributed by atoms with van der Waals surface area (Å²) in [5.41, 5.74) is 0. The fourth-order valence-corrected chi connectivity index (χ4v) is 6.43. The van der Waals surface area contributed by atoms with E-state index in [1.165, 1.54) is 16.7 Å². The van der Waals surface area contributed by atoms with Gasteiger partial charge in [0, 0.05) is 17.2 Å². The van der Waals surface area contributed by atoms with Crippen LogP contribution in [0, 0.1) is 0 Å². The molecule has 0 aromatic carbocycles. The van der Waals surface area contributed by atoms with Crippen molar-refractivity contribution in [3.8, 4) is 0 Å². The summed E-state index contributed by atoms with van der Waals surface area (Å²) in [6.45, 7) is 8.43. The Morgan fingerprint density at radius 2 is 2.27 bits per heavy atom. The molecule has 0 saturated carbocycles. The molecular weight excluding hydrogens is 238 g/mol. The molecule has 1 aromatic rings. The fourth-order valence-electron chi connectivity index (χ4n) is 1.64. The lowest BCUT2D eigenvalue weighted by Crippen LogP contribution is -2.37. The number of rotatable bonds is 3. The van der Waals surface area contributed by atoms with Crippen LogP contribution in [0.5, 0.6) is 0 Å². The Bertz CT molecular complexity index is 329. The zero-order valence-corrected chi connectivity index (χ0v) is 12.3. The van der Waals surface area contributed by atoms with Gasteiger partial charge in [-0.1, -0.05) is 32.1 Å². The second kappa shape index (κ2) is 4.61. The van der Waals surface area contributed by atoms with Gasteiger partial charge in [0.05, 0.1) is 13.4 Å². The predicted molar refractivity (Wildman–Crippen MR) is 75.1 cm³/mol. The van der Waals surface area contributed by atoms with Crippen molar-refractivity contribution < 1.29 is 0 Å². The van der Waals surface area contributed by atoms with Crippen LogP contribution >= 0.6 is 23.1 Å². The second-order valence-electron chi connectivity index (χ2n) is 4.64. The summed E-state index contributed by atoms with van der Waals surface area (Å²) in [7, 11) is -1.10. The molecule has 4 heteroatoms. The Kier molecular flexibility index (Phi) is 3.60. The Labute approximate surface area is 102 Å². The molecule has 1 atom stereocenters. The van der Waals surface area contributed by atoms with E-state index in [1.54, 1.807) is 4.50 Å². The highest BCUT2D eigenvalue weighted by Crippen LogP contribution is 2.32. The molecule has 1 aliphatic heterocycles. The molecule has 1 saturated heterocycles. The first kappa shape index (κ1) is 11.7. The largest absolute Gasteiger partial charge is 0.300 e. The van der Waals surface area contributed by atoms with Crippen LogP contribution in [0.25, 0.3) is 0 Å². The first-order valence-corrected chi connectivity index (χ1v) is 10.7. The van der Waals surface area contributed by atoms with E-state index in [4.69, 9.17) is 0 Å². The smallest absolute Gasteiger partial charge is 0.0931 e. The predicted octanol–water partition coefficient (Wildman–Crippen LogP) is 3.02. The number of hydrogen-bond donors (Lipinski definition) is 1. The molecule has 1 unspecified atom stereocenters. The quantitative estimate of drug-likeness (QED) is 0.836. The third-order valence-corrected chi connectivity index (χ3v) is 10.7. The van der Waals surface area contributed by atoms with E-state index in [-0.39, 0.29) is 0 Å². The minimum atomic E-state index is -1.10. The lowest BCUT2D eigenvalue weighted by atomic mass is 10.4. The lowest BCUT2D eigenvalue weighted by molar-refractivity contribution is 0.761. The number of nitrogens with one attached hydrogen (secondary N) is 1. The normalized spacial score (nSPS) is 22.2. The van der Waals surface area contributed by atoms with E-state index in [1.807, 2.05) is 23.1 Å². The topological polar surface area (TPSA) is 12.0 Å². The van der Waals surface area contributed by atoms with Gasteiger partial charge < -0.3 is 5.32 Å². The SMILES string of the molecule is CC[Si](C)(C)c1ccc(C2NCCS2)s1. The van der Waals surface area contributed by atoms with E-state index in [9.17, 15) is 0 Å². The molecule has 1 aliphatic rings. The number of hydrogen-bond acceptors (Lipinski definition) is 3. The summed E-state index contributed by atoms with van der Waals surface area (Å²) in [6, 6.07) is 6.05. The Morgan fingerprint density at radius 3 is 2.87 bits per heavy atom. The summed E-state index contributed by atoms with van der Waals surface area (Å²) >= 11 is 4.08. The van der Waals surface area contributed by atoms with Crippen LogP contribution in [0.3, 0.4) is 0 Å². The molecule has 2 heterocycles. The van der Waals surface area contributed by atoms with Crippen LogP contribution in [0.4, 0.5) is 0 Å².